The average Bonchev–Trinajstić information content (AvgIpc) is 2.19. The predicted molar refractivity (Wildman–Crippen MR) is 64.4 cm³/mol. The van der Waals surface area contributed by atoms with Crippen LogP contribution in [0.1, 0.15) is 65.7 Å². The second-order valence-electron chi connectivity index (χ2n) is 5.41. The van der Waals surface area contributed by atoms with Crippen LogP contribution in [0, 0.1) is 11.3 Å². The first-order valence-corrected chi connectivity index (χ1v) is 6.27. The Balaban J connectivity index is 2.57. The average molecular weight is 194 g/mol. The van der Waals surface area contributed by atoms with Crippen LogP contribution in [0.5, 0.6) is 0 Å². The lowest BCUT2D eigenvalue weighted by Crippen LogP contribution is -2.27. The van der Waals surface area contributed by atoms with Crippen LogP contribution in [0.4, 0.5) is 0 Å². The molecule has 0 unspecified atom stereocenters. The third kappa shape index (κ3) is 2.62. The first kappa shape index (κ1) is 11.8. The minimum Gasteiger partial charge on any atom is -0.0993 e. The number of allylic oxidation sites excluding steroid dienone is 1. The maximum atomic E-state index is 4.29. The molecule has 0 aliphatic heterocycles. The number of rotatable bonds is 4. The predicted octanol–water partition coefficient (Wildman–Crippen LogP) is 4.95. The Morgan fingerprint density at radius 3 is 2.29 bits per heavy atom. The number of hydrogen-bond acceptors (Lipinski definition) is 0. The molecule has 1 aliphatic rings. The zero-order chi connectivity index (χ0) is 10.6. The van der Waals surface area contributed by atoms with Crippen molar-refractivity contribution < 1.29 is 0 Å². The van der Waals surface area contributed by atoms with Gasteiger partial charge in [0.1, 0.15) is 0 Å². The molecule has 1 aliphatic carbocycles. The van der Waals surface area contributed by atoms with Gasteiger partial charge in [0, 0.05) is 0 Å². The van der Waals surface area contributed by atoms with Gasteiger partial charge in [0.25, 0.3) is 0 Å². The monoisotopic (exact) mass is 194 g/mol. The van der Waals surface area contributed by atoms with Crippen molar-refractivity contribution in [2.24, 2.45) is 11.3 Å². The maximum absolute atomic E-state index is 4.29. The molecule has 0 aromatic heterocycles. The maximum Gasteiger partial charge on any atom is -0.0119 e. The van der Waals surface area contributed by atoms with E-state index in [9.17, 15) is 0 Å². The second-order valence-corrected chi connectivity index (χ2v) is 5.41. The van der Waals surface area contributed by atoms with E-state index >= 15 is 0 Å². The molecule has 0 saturated heterocycles. The molecular formula is C14H26. The fourth-order valence-electron chi connectivity index (χ4n) is 2.74. The Morgan fingerprint density at radius 1 is 1.21 bits per heavy atom. The van der Waals surface area contributed by atoms with Gasteiger partial charge >= 0.3 is 0 Å². The third-order valence-electron chi connectivity index (χ3n) is 4.09. The summed E-state index contributed by atoms with van der Waals surface area (Å²) in [5, 5.41) is 0. The van der Waals surface area contributed by atoms with Crippen LogP contribution in [-0.2, 0) is 0 Å². The van der Waals surface area contributed by atoms with Crippen LogP contribution in [0.25, 0.3) is 0 Å². The standard InChI is InChI=1S/C14H26/c1-5-9-12(2)14(3,4)13-10-7-6-8-11-13/h13H,2,5-11H2,1,3-4H3. The van der Waals surface area contributed by atoms with Crippen molar-refractivity contribution in [2.75, 3.05) is 0 Å². The Kier molecular flexibility index (Phi) is 4.22. The highest BCUT2D eigenvalue weighted by Crippen LogP contribution is 2.43. The first-order chi connectivity index (χ1) is 6.59. The van der Waals surface area contributed by atoms with Crippen molar-refractivity contribution in [3.63, 3.8) is 0 Å². The van der Waals surface area contributed by atoms with E-state index in [4.69, 9.17) is 0 Å². The molecule has 0 heteroatoms. The SMILES string of the molecule is C=C(CCC)C(C)(C)C1CCCCC1. The summed E-state index contributed by atoms with van der Waals surface area (Å²) in [5.74, 6) is 0.898. The fraction of sp³-hybridized carbons (Fsp3) is 0.857. The van der Waals surface area contributed by atoms with Gasteiger partial charge in [-0.3, -0.25) is 0 Å². The van der Waals surface area contributed by atoms with E-state index in [1.54, 1.807) is 0 Å². The topological polar surface area (TPSA) is 0 Å². The van der Waals surface area contributed by atoms with E-state index in [-0.39, 0.29) is 0 Å². The lowest BCUT2D eigenvalue weighted by Gasteiger charge is -2.38. The highest BCUT2D eigenvalue weighted by molar-refractivity contribution is 5.09. The van der Waals surface area contributed by atoms with Crippen molar-refractivity contribution in [3.8, 4) is 0 Å². The highest BCUT2D eigenvalue weighted by Gasteiger charge is 2.32. The Morgan fingerprint density at radius 2 is 1.79 bits per heavy atom. The van der Waals surface area contributed by atoms with Crippen molar-refractivity contribution in [2.45, 2.75) is 65.7 Å². The molecular weight excluding hydrogens is 168 g/mol. The van der Waals surface area contributed by atoms with Gasteiger partial charge in [-0.15, -0.1) is 0 Å². The molecule has 1 rings (SSSR count). The summed E-state index contributed by atoms with van der Waals surface area (Å²) in [5.41, 5.74) is 1.86. The lowest BCUT2D eigenvalue weighted by molar-refractivity contribution is 0.193. The normalized spacial score (nSPS) is 19.6. The molecule has 0 atom stereocenters. The minimum atomic E-state index is 0.385. The first-order valence-electron chi connectivity index (χ1n) is 6.27. The lowest BCUT2D eigenvalue weighted by atomic mass is 9.67. The molecule has 0 radical (unpaired) electrons. The van der Waals surface area contributed by atoms with Crippen molar-refractivity contribution in [1.29, 1.82) is 0 Å². The van der Waals surface area contributed by atoms with Gasteiger partial charge in [0.15, 0.2) is 0 Å². The van der Waals surface area contributed by atoms with E-state index in [0.29, 0.717) is 5.41 Å². The molecule has 82 valence electrons. The van der Waals surface area contributed by atoms with Gasteiger partial charge in [-0.05, 0) is 30.6 Å². The van der Waals surface area contributed by atoms with Crippen molar-refractivity contribution in [3.05, 3.63) is 12.2 Å². The smallest absolute Gasteiger partial charge is 0.0119 e. The van der Waals surface area contributed by atoms with Crippen LogP contribution in [0.15, 0.2) is 12.2 Å². The van der Waals surface area contributed by atoms with Gasteiger partial charge in [0.05, 0.1) is 0 Å². The van der Waals surface area contributed by atoms with E-state index in [2.05, 4.69) is 27.4 Å². The van der Waals surface area contributed by atoms with Gasteiger partial charge in [0.2, 0.25) is 0 Å². The Bertz CT molecular complexity index is 182. The molecule has 0 aromatic rings. The molecule has 14 heavy (non-hydrogen) atoms. The fourth-order valence-corrected chi connectivity index (χ4v) is 2.74. The van der Waals surface area contributed by atoms with Gasteiger partial charge in [-0.1, -0.05) is 58.6 Å². The molecule has 0 bridgehead atoms. The van der Waals surface area contributed by atoms with Crippen LogP contribution in [0.3, 0.4) is 0 Å². The molecule has 0 heterocycles. The van der Waals surface area contributed by atoms with Crippen molar-refractivity contribution in [1.82, 2.24) is 0 Å². The van der Waals surface area contributed by atoms with Crippen molar-refractivity contribution >= 4 is 0 Å². The summed E-state index contributed by atoms with van der Waals surface area (Å²) in [6, 6.07) is 0. The van der Waals surface area contributed by atoms with Crippen LogP contribution >= 0.6 is 0 Å². The molecule has 0 spiro atoms. The molecule has 0 aromatic carbocycles. The summed E-state index contributed by atoms with van der Waals surface area (Å²) in [4.78, 5) is 0. The highest BCUT2D eigenvalue weighted by atomic mass is 14.4. The zero-order valence-corrected chi connectivity index (χ0v) is 10.2. The van der Waals surface area contributed by atoms with E-state index < -0.39 is 0 Å². The van der Waals surface area contributed by atoms with Gasteiger partial charge in [-0.2, -0.15) is 0 Å². The quantitative estimate of drug-likeness (QED) is 0.555. The third-order valence-corrected chi connectivity index (χ3v) is 4.09. The summed E-state index contributed by atoms with van der Waals surface area (Å²) < 4.78 is 0. The minimum absolute atomic E-state index is 0.385. The van der Waals surface area contributed by atoms with Crippen LogP contribution < -0.4 is 0 Å². The summed E-state index contributed by atoms with van der Waals surface area (Å²) in [6.45, 7) is 11.4. The zero-order valence-electron chi connectivity index (χ0n) is 10.2. The van der Waals surface area contributed by atoms with Crippen LogP contribution in [-0.4, -0.2) is 0 Å². The van der Waals surface area contributed by atoms with Gasteiger partial charge < -0.3 is 0 Å². The molecule has 0 N–H and O–H groups in total. The molecule has 0 nitrogen and oxygen atoms in total. The van der Waals surface area contributed by atoms with E-state index in [1.807, 2.05) is 0 Å². The number of hydrogen-bond donors (Lipinski definition) is 0. The summed E-state index contributed by atoms with van der Waals surface area (Å²) >= 11 is 0. The molecule has 0 amide bonds. The largest absolute Gasteiger partial charge is 0.0993 e. The second kappa shape index (κ2) is 5.00. The van der Waals surface area contributed by atoms with Gasteiger partial charge in [-0.25, -0.2) is 0 Å². The summed E-state index contributed by atoms with van der Waals surface area (Å²) in [6.07, 6.45) is 9.64. The Labute approximate surface area is 89.8 Å². The van der Waals surface area contributed by atoms with Crippen LogP contribution in [0.2, 0.25) is 0 Å². The van der Waals surface area contributed by atoms with E-state index in [0.717, 1.165) is 5.92 Å². The van der Waals surface area contributed by atoms with E-state index in [1.165, 1.54) is 50.5 Å². The summed E-state index contributed by atoms with van der Waals surface area (Å²) in [7, 11) is 0. The molecule has 1 fully saturated rings. The Hall–Kier alpha value is -0.260. The molecule has 1 saturated carbocycles.